The van der Waals surface area contributed by atoms with Crippen LogP contribution in [0.3, 0.4) is 0 Å². The van der Waals surface area contributed by atoms with Crippen molar-refractivity contribution in [2.75, 3.05) is 0 Å². The lowest BCUT2D eigenvalue weighted by molar-refractivity contribution is 0.303. The molecule has 0 unspecified atom stereocenters. The van der Waals surface area contributed by atoms with Gasteiger partial charge in [-0.05, 0) is 48.0 Å². The van der Waals surface area contributed by atoms with E-state index in [1.165, 1.54) is 19.3 Å². The van der Waals surface area contributed by atoms with Crippen LogP contribution < -0.4 is 5.19 Å². The van der Waals surface area contributed by atoms with Crippen LogP contribution in [0.15, 0.2) is 42.0 Å². The van der Waals surface area contributed by atoms with Gasteiger partial charge in [0.25, 0.3) is 0 Å². The average Bonchev–Trinajstić information content (AvgIpc) is 2.52. The Morgan fingerprint density at radius 1 is 1.04 bits per heavy atom. The topological polar surface area (TPSA) is 0 Å². The first-order valence-electron chi connectivity index (χ1n) is 10.3. The fraction of sp³-hybridized carbons (Fsp3) is 0.667. The lowest BCUT2D eigenvalue weighted by Gasteiger charge is -2.42. The molecule has 1 aromatic rings. The Morgan fingerprint density at radius 2 is 1.64 bits per heavy atom. The first-order chi connectivity index (χ1) is 11.5. The van der Waals surface area contributed by atoms with E-state index >= 15 is 0 Å². The van der Waals surface area contributed by atoms with Gasteiger partial charge < -0.3 is 0 Å². The molecule has 0 bridgehead atoms. The van der Waals surface area contributed by atoms with Crippen molar-refractivity contribution in [1.29, 1.82) is 0 Å². The maximum absolute atomic E-state index is 2.76. The highest BCUT2D eigenvalue weighted by molar-refractivity contribution is 6.91. The molecular formula is C24H40Si. The Labute approximate surface area is 158 Å². The van der Waals surface area contributed by atoms with Crippen LogP contribution in [0, 0.1) is 23.2 Å². The molecule has 1 aliphatic rings. The molecule has 0 aliphatic heterocycles. The van der Waals surface area contributed by atoms with Gasteiger partial charge in [-0.1, -0.05) is 102 Å². The second-order valence-electron chi connectivity index (χ2n) is 10.4. The molecule has 1 aliphatic carbocycles. The molecule has 3 atom stereocenters. The van der Waals surface area contributed by atoms with Crippen molar-refractivity contribution in [2.24, 2.45) is 23.2 Å². The van der Waals surface area contributed by atoms with Gasteiger partial charge in [-0.25, -0.2) is 0 Å². The molecule has 0 aromatic heterocycles. The highest BCUT2D eigenvalue weighted by Crippen LogP contribution is 2.45. The molecule has 2 rings (SSSR count). The van der Waals surface area contributed by atoms with E-state index in [1.54, 1.807) is 10.8 Å². The summed E-state index contributed by atoms with van der Waals surface area (Å²) in [5.41, 5.74) is 2.75. The fourth-order valence-corrected chi connectivity index (χ4v) is 9.27. The van der Waals surface area contributed by atoms with E-state index in [2.05, 4.69) is 91.0 Å². The summed E-state index contributed by atoms with van der Waals surface area (Å²) in [5.74, 6) is 2.41. The van der Waals surface area contributed by atoms with Crippen molar-refractivity contribution < 1.29 is 0 Å². The molecular weight excluding hydrogens is 316 g/mol. The lowest BCUT2D eigenvalue weighted by atomic mass is 9.73. The van der Waals surface area contributed by atoms with Crippen LogP contribution in [0.5, 0.6) is 0 Å². The molecule has 1 fully saturated rings. The molecule has 0 nitrogen and oxygen atoms in total. The summed E-state index contributed by atoms with van der Waals surface area (Å²) >= 11 is 0. The van der Waals surface area contributed by atoms with Gasteiger partial charge in [0.05, 0.1) is 8.07 Å². The molecule has 0 radical (unpaired) electrons. The quantitative estimate of drug-likeness (QED) is 0.401. The normalized spacial score (nSPS) is 25.4. The van der Waals surface area contributed by atoms with Crippen LogP contribution in [0.2, 0.25) is 18.6 Å². The summed E-state index contributed by atoms with van der Waals surface area (Å²) in [4.78, 5) is 0. The van der Waals surface area contributed by atoms with Gasteiger partial charge in [0.15, 0.2) is 0 Å². The zero-order valence-electron chi connectivity index (χ0n) is 17.9. The van der Waals surface area contributed by atoms with E-state index in [4.69, 9.17) is 0 Å². The third kappa shape index (κ3) is 4.87. The maximum atomic E-state index is 2.76. The molecule has 1 aromatic carbocycles. The van der Waals surface area contributed by atoms with Crippen molar-refractivity contribution in [2.45, 2.75) is 79.4 Å². The van der Waals surface area contributed by atoms with E-state index in [1.807, 2.05) is 0 Å². The Bertz CT molecular complexity index is 574. The zero-order valence-corrected chi connectivity index (χ0v) is 18.9. The van der Waals surface area contributed by atoms with Crippen molar-refractivity contribution in [3.8, 4) is 0 Å². The van der Waals surface area contributed by atoms with Gasteiger partial charge >= 0.3 is 0 Å². The Kier molecular flexibility index (Phi) is 6.41. The molecule has 140 valence electrons. The molecule has 0 spiro atoms. The number of rotatable bonds is 4. The molecule has 1 heteroatoms. The number of allylic oxidation sites excluding steroid dienone is 2. The molecule has 0 heterocycles. The van der Waals surface area contributed by atoms with Crippen LogP contribution in [-0.2, 0) is 0 Å². The molecule has 0 N–H and O–H groups in total. The Morgan fingerprint density at radius 3 is 2.16 bits per heavy atom. The third-order valence-corrected chi connectivity index (χ3v) is 10.9. The second kappa shape index (κ2) is 7.82. The summed E-state index contributed by atoms with van der Waals surface area (Å²) in [5, 5.41) is 1.59. The first-order valence-corrected chi connectivity index (χ1v) is 13.4. The molecule has 0 amide bonds. The van der Waals surface area contributed by atoms with E-state index in [9.17, 15) is 0 Å². The zero-order chi connectivity index (χ0) is 18.8. The standard InChI is InChI=1S/C24H40Si/c1-18(2)22-15-14-19(3)16-20(22)17-23(24(4,5)6)25(7,8)21-12-10-9-11-13-21/h9-13,17-19,22-23H,14-16H2,1-8H3/b20-17+/t19-,22+,23-/m1/s1. The van der Waals surface area contributed by atoms with Gasteiger partial charge in [0.2, 0.25) is 0 Å². The Balaban J connectivity index is 2.47. The van der Waals surface area contributed by atoms with E-state index in [0.29, 0.717) is 11.0 Å². The smallest absolute Gasteiger partial charge is 0.0837 e. The minimum Gasteiger partial charge on any atom is -0.0837 e. The number of hydrogen-bond acceptors (Lipinski definition) is 0. The van der Waals surface area contributed by atoms with Crippen molar-refractivity contribution in [1.82, 2.24) is 0 Å². The highest BCUT2D eigenvalue weighted by atomic mass is 28.3. The third-order valence-electron chi connectivity index (χ3n) is 6.44. The number of benzene rings is 1. The fourth-order valence-electron chi connectivity index (χ4n) is 5.06. The van der Waals surface area contributed by atoms with Crippen molar-refractivity contribution >= 4 is 13.3 Å². The van der Waals surface area contributed by atoms with Crippen LogP contribution >= 0.6 is 0 Å². The predicted octanol–water partition coefficient (Wildman–Crippen LogP) is 7.04. The summed E-state index contributed by atoms with van der Waals surface area (Å²) < 4.78 is 0. The Hall–Kier alpha value is -0.823. The predicted molar refractivity (Wildman–Crippen MR) is 116 cm³/mol. The minimum atomic E-state index is -1.59. The van der Waals surface area contributed by atoms with Crippen LogP contribution in [0.4, 0.5) is 0 Å². The van der Waals surface area contributed by atoms with Crippen LogP contribution in [-0.4, -0.2) is 8.07 Å². The summed E-state index contributed by atoms with van der Waals surface area (Å²) in [7, 11) is -1.59. The monoisotopic (exact) mass is 356 g/mol. The molecule has 25 heavy (non-hydrogen) atoms. The highest BCUT2D eigenvalue weighted by Gasteiger charge is 2.40. The number of hydrogen-bond donors (Lipinski definition) is 0. The molecule has 1 saturated carbocycles. The van der Waals surface area contributed by atoms with E-state index in [0.717, 1.165) is 17.8 Å². The van der Waals surface area contributed by atoms with E-state index in [-0.39, 0.29) is 0 Å². The van der Waals surface area contributed by atoms with E-state index < -0.39 is 8.07 Å². The maximum Gasteiger partial charge on any atom is 0.0879 e. The van der Waals surface area contributed by atoms with Gasteiger partial charge in [0, 0.05) is 0 Å². The van der Waals surface area contributed by atoms with Gasteiger partial charge in [-0.2, -0.15) is 0 Å². The van der Waals surface area contributed by atoms with Crippen LogP contribution in [0.1, 0.15) is 60.8 Å². The van der Waals surface area contributed by atoms with Crippen molar-refractivity contribution in [3.63, 3.8) is 0 Å². The minimum absolute atomic E-state index is 0.306. The summed E-state index contributed by atoms with van der Waals surface area (Å²) in [6, 6.07) is 11.3. The van der Waals surface area contributed by atoms with Gasteiger partial charge in [-0.15, -0.1) is 0 Å². The lowest BCUT2D eigenvalue weighted by Crippen LogP contribution is -2.49. The van der Waals surface area contributed by atoms with Crippen LogP contribution in [0.25, 0.3) is 0 Å². The summed E-state index contributed by atoms with van der Waals surface area (Å²) in [6.07, 6.45) is 6.86. The van der Waals surface area contributed by atoms with Gasteiger partial charge in [0.1, 0.15) is 0 Å². The summed E-state index contributed by atoms with van der Waals surface area (Å²) in [6.45, 7) is 19.8. The second-order valence-corrected chi connectivity index (χ2v) is 15.1. The first kappa shape index (κ1) is 20.5. The largest absolute Gasteiger partial charge is 0.0879 e. The van der Waals surface area contributed by atoms with Crippen molar-refractivity contribution in [3.05, 3.63) is 42.0 Å². The van der Waals surface area contributed by atoms with Gasteiger partial charge in [-0.3, -0.25) is 0 Å². The SMILES string of the molecule is CC(C)[C@@H]1CC[C@@H](C)C/C1=C\[C@H](C(C)(C)C)[Si](C)(C)c1ccccc1. The molecule has 0 saturated heterocycles. The average molecular weight is 357 g/mol.